The smallest absolute Gasteiger partial charge is 0.337 e. The van der Waals surface area contributed by atoms with E-state index in [4.69, 9.17) is 10.8 Å². The highest BCUT2D eigenvalue weighted by molar-refractivity contribution is 9.10. The quantitative estimate of drug-likeness (QED) is 0.803. The molecule has 0 aromatic carbocycles. The monoisotopic (exact) mass is 327 g/mol. The van der Waals surface area contributed by atoms with Gasteiger partial charge in [-0.2, -0.15) is 0 Å². The Bertz CT molecular complexity index is 585. The molecular formula is C11H10BrN3O2S. The van der Waals surface area contributed by atoms with Crippen molar-refractivity contribution in [3.63, 3.8) is 0 Å². The van der Waals surface area contributed by atoms with Gasteiger partial charge in [0.25, 0.3) is 0 Å². The molecule has 0 aliphatic heterocycles. The second-order valence-corrected chi connectivity index (χ2v) is 5.46. The molecule has 0 saturated carbocycles. The largest absolute Gasteiger partial charge is 0.478 e. The van der Waals surface area contributed by atoms with E-state index in [2.05, 4.69) is 26.2 Å². The summed E-state index contributed by atoms with van der Waals surface area (Å²) < 4.78 is 1.01. The Kier molecular flexibility index (Phi) is 3.83. The number of nitrogens with zero attached hydrogens (tertiary/aromatic N) is 1. The standard InChI is InChI=1S/C11H10BrN3O2S/c12-6-1-7(18-5-6)3-14-9-4-15-10(13)2-8(9)11(16)17/h1-2,4-5,14H,3H2,(H2,13,15)(H,16,17). The van der Waals surface area contributed by atoms with Crippen LogP contribution in [0, 0.1) is 0 Å². The Morgan fingerprint density at radius 2 is 2.33 bits per heavy atom. The Morgan fingerprint density at radius 3 is 2.94 bits per heavy atom. The Labute approximate surface area is 116 Å². The van der Waals surface area contributed by atoms with Gasteiger partial charge in [-0.1, -0.05) is 0 Å². The van der Waals surface area contributed by atoms with Gasteiger partial charge in [0.05, 0.1) is 17.4 Å². The van der Waals surface area contributed by atoms with E-state index in [1.165, 1.54) is 12.3 Å². The lowest BCUT2D eigenvalue weighted by Gasteiger charge is -2.08. The minimum atomic E-state index is -1.03. The number of nitrogens with one attached hydrogen (secondary N) is 1. The molecule has 0 aliphatic rings. The van der Waals surface area contributed by atoms with Crippen molar-refractivity contribution < 1.29 is 9.90 Å². The summed E-state index contributed by atoms with van der Waals surface area (Å²) in [5.74, 6) is -0.837. The second kappa shape index (κ2) is 5.36. The number of halogens is 1. The number of hydrogen-bond acceptors (Lipinski definition) is 5. The van der Waals surface area contributed by atoms with E-state index in [0.29, 0.717) is 12.2 Å². The van der Waals surface area contributed by atoms with Crippen molar-refractivity contribution in [2.24, 2.45) is 0 Å². The molecule has 2 heterocycles. The number of aromatic nitrogens is 1. The minimum absolute atomic E-state index is 0.123. The maximum Gasteiger partial charge on any atom is 0.337 e. The van der Waals surface area contributed by atoms with Crippen LogP contribution in [0.25, 0.3) is 0 Å². The lowest BCUT2D eigenvalue weighted by molar-refractivity contribution is 0.0698. The topological polar surface area (TPSA) is 88.2 Å². The van der Waals surface area contributed by atoms with Crippen molar-refractivity contribution in [3.05, 3.63) is 38.6 Å². The summed E-state index contributed by atoms with van der Waals surface area (Å²) in [5.41, 5.74) is 6.05. The maximum absolute atomic E-state index is 11.1. The number of pyridine rings is 1. The van der Waals surface area contributed by atoms with Crippen molar-refractivity contribution >= 4 is 44.7 Å². The van der Waals surface area contributed by atoms with E-state index in [1.54, 1.807) is 11.3 Å². The first-order chi connectivity index (χ1) is 8.56. The van der Waals surface area contributed by atoms with Crippen molar-refractivity contribution in [2.75, 3.05) is 11.1 Å². The number of nitrogens with two attached hydrogens (primary N) is 1. The number of thiophene rings is 1. The van der Waals surface area contributed by atoms with Crippen LogP contribution in [-0.4, -0.2) is 16.1 Å². The van der Waals surface area contributed by atoms with Crippen LogP contribution < -0.4 is 11.1 Å². The van der Waals surface area contributed by atoms with E-state index in [9.17, 15) is 4.79 Å². The molecule has 0 unspecified atom stereocenters. The van der Waals surface area contributed by atoms with Crippen LogP contribution in [0.15, 0.2) is 28.2 Å². The van der Waals surface area contributed by atoms with Gasteiger partial charge in [0.2, 0.25) is 0 Å². The molecule has 0 spiro atoms. The van der Waals surface area contributed by atoms with Crippen molar-refractivity contribution in [1.29, 1.82) is 0 Å². The molecule has 2 aromatic rings. The minimum Gasteiger partial charge on any atom is -0.478 e. The van der Waals surface area contributed by atoms with Crippen LogP contribution >= 0.6 is 27.3 Å². The van der Waals surface area contributed by atoms with Crippen LogP contribution in [0.2, 0.25) is 0 Å². The van der Waals surface area contributed by atoms with Gasteiger partial charge in [0, 0.05) is 21.3 Å². The van der Waals surface area contributed by atoms with E-state index in [1.807, 2.05) is 11.4 Å². The molecule has 4 N–H and O–H groups in total. The Hall–Kier alpha value is -1.60. The van der Waals surface area contributed by atoms with E-state index in [0.717, 1.165) is 9.35 Å². The molecule has 0 radical (unpaired) electrons. The van der Waals surface area contributed by atoms with E-state index >= 15 is 0 Å². The predicted octanol–water partition coefficient (Wildman–Crippen LogP) is 2.80. The first kappa shape index (κ1) is 12.8. The summed E-state index contributed by atoms with van der Waals surface area (Å²) in [4.78, 5) is 16.0. The molecule has 0 bridgehead atoms. The van der Waals surface area contributed by atoms with Gasteiger partial charge in [0.1, 0.15) is 5.82 Å². The molecule has 18 heavy (non-hydrogen) atoms. The molecule has 0 aliphatic carbocycles. The number of anilines is 2. The van der Waals surface area contributed by atoms with Gasteiger partial charge < -0.3 is 16.2 Å². The Balaban J connectivity index is 2.16. The maximum atomic E-state index is 11.1. The van der Waals surface area contributed by atoms with Crippen LogP contribution in [0.4, 0.5) is 11.5 Å². The van der Waals surface area contributed by atoms with Gasteiger partial charge in [-0.3, -0.25) is 0 Å². The first-order valence-electron chi connectivity index (χ1n) is 5.02. The molecule has 2 rings (SSSR count). The summed E-state index contributed by atoms with van der Waals surface area (Å²) in [6.07, 6.45) is 1.43. The van der Waals surface area contributed by atoms with Crippen LogP contribution in [0.3, 0.4) is 0 Å². The number of hydrogen-bond donors (Lipinski definition) is 3. The lowest BCUT2D eigenvalue weighted by atomic mass is 10.2. The number of carboxylic acids is 1. The molecular weight excluding hydrogens is 318 g/mol. The fraction of sp³-hybridized carbons (Fsp3) is 0.0909. The first-order valence-corrected chi connectivity index (χ1v) is 6.69. The number of aromatic carboxylic acids is 1. The number of carbonyl (C=O) groups is 1. The third kappa shape index (κ3) is 2.99. The molecule has 94 valence electrons. The molecule has 0 atom stereocenters. The average Bonchev–Trinajstić information content (AvgIpc) is 2.73. The summed E-state index contributed by atoms with van der Waals surface area (Å²) in [6.45, 7) is 0.544. The zero-order valence-corrected chi connectivity index (χ0v) is 11.6. The summed E-state index contributed by atoms with van der Waals surface area (Å²) in [5, 5.41) is 14.1. The molecule has 0 amide bonds. The zero-order valence-electron chi connectivity index (χ0n) is 9.18. The second-order valence-electron chi connectivity index (χ2n) is 3.54. The molecule has 0 fully saturated rings. The number of rotatable bonds is 4. The van der Waals surface area contributed by atoms with Crippen molar-refractivity contribution in [1.82, 2.24) is 4.98 Å². The van der Waals surface area contributed by atoms with E-state index < -0.39 is 5.97 Å². The van der Waals surface area contributed by atoms with Crippen molar-refractivity contribution in [3.8, 4) is 0 Å². The average molecular weight is 328 g/mol. The summed E-state index contributed by atoms with van der Waals surface area (Å²) in [7, 11) is 0. The van der Waals surface area contributed by atoms with Gasteiger partial charge in [-0.15, -0.1) is 11.3 Å². The van der Waals surface area contributed by atoms with Crippen LogP contribution in [-0.2, 0) is 6.54 Å². The van der Waals surface area contributed by atoms with E-state index in [-0.39, 0.29) is 11.4 Å². The fourth-order valence-electron chi connectivity index (χ4n) is 1.42. The van der Waals surface area contributed by atoms with Gasteiger partial charge in [0.15, 0.2) is 0 Å². The molecule has 5 nitrogen and oxygen atoms in total. The van der Waals surface area contributed by atoms with Gasteiger partial charge in [-0.05, 0) is 28.1 Å². The molecule has 2 aromatic heterocycles. The summed E-state index contributed by atoms with van der Waals surface area (Å²) >= 11 is 4.95. The normalized spacial score (nSPS) is 10.3. The summed E-state index contributed by atoms with van der Waals surface area (Å²) in [6, 6.07) is 3.32. The van der Waals surface area contributed by atoms with Crippen molar-refractivity contribution in [2.45, 2.75) is 6.54 Å². The van der Waals surface area contributed by atoms with Gasteiger partial charge in [-0.25, -0.2) is 9.78 Å². The Morgan fingerprint density at radius 1 is 1.56 bits per heavy atom. The molecule has 0 saturated heterocycles. The zero-order chi connectivity index (χ0) is 13.1. The van der Waals surface area contributed by atoms with Gasteiger partial charge >= 0.3 is 5.97 Å². The highest BCUT2D eigenvalue weighted by Crippen LogP contribution is 2.22. The number of nitrogen functional groups attached to an aromatic ring is 1. The van der Waals surface area contributed by atoms with Crippen LogP contribution in [0.5, 0.6) is 0 Å². The van der Waals surface area contributed by atoms with Crippen LogP contribution in [0.1, 0.15) is 15.2 Å². The SMILES string of the molecule is Nc1cc(C(=O)O)c(NCc2cc(Br)cs2)cn1. The lowest BCUT2D eigenvalue weighted by Crippen LogP contribution is -2.07. The highest BCUT2D eigenvalue weighted by atomic mass is 79.9. The third-order valence-corrected chi connectivity index (χ3v) is 3.93. The predicted molar refractivity (Wildman–Crippen MR) is 75.0 cm³/mol. The third-order valence-electron chi connectivity index (χ3n) is 2.23. The fourth-order valence-corrected chi connectivity index (χ4v) is 2.81. The number of carboxylic acid groups (broad SMARTS) is 1. The highest BCUT2D eigenvalue weighted by Gasteiger charge is 2.11. The molecule has 7 heteroatoms.